The van der Waals surface area contributed by atoms with Crippen LogP contribution in [-0.2, 0) is 0 Å². The fourth-order valence-corrected chi connectivity index (χ4v) is 2.60. The van der Waals surface area contributed by atoms with E-state index in [1.165, 1.54) is 11.3 Å². The molecule has 1 amide bonds. The van der Waals surface area contributed by atoms with E-state index in [0.29, 0.717) is 32.6 Å². The highest BCUT2D eigenvalue weighted by Gasteiger charge is 2.15. The molecule has 0 saturated carbocycles. The largest absolute Gasteiger partial charge is 0.346 e. The number of H-pyrrole nitrogens is 1. The first-order valence-electron chi connectivity index (χ1n) is 5.50. The average Bonchev–Trinajstić information content (AvgIpc) is 2.96. The van der Waals surface area contributed by atoms with E-state index >= 15 is 0 Å². The van der Waals surface area contributed by atoms with Crippen LogP contribution in [0.1, 0.15) is 16.3 Å². The van der Waals surface area contributed by atoms with Crippen molar-refractivity contribution in [3.63, 3.8) is 0 Å². The van der Waals surface area contributed by atoms with Crippen LogP contribution in [0.15, 0.2) is 23.7 Å². The van der Waals surface area contributed by atoms with Gasteiger partial charge in [-0.25, -0.2) is 9.97 Å². The monoisotopic (exact) mass is 292 g/mol. The van der Waals surface area contributed by atoms with Gasteiger partial charge in [0.2, 0.25) is 0 Å². The maximum atomic E-state index is 12.2. The van der Waals surface area contributed by atoms with Gasteiger partial charge in [0.25, 0.3) is 5.91 Å². The van der Waals surface area contributed by atoms with Crippen LogP contribution in [0.25, 0.3) is 11.0 Å². The molecule has 3 aromatic heterocycles. The Morgan fingerprint density at radius 1 is 1.47 bits per heavy atom. The van der Waals surface area contributed by atoms with Crippen molar-refractivity contribution in [2.45, 2.75) is 6.92 Å². The third-order valence-corrected chi connectivity index (χ3v) is 3.66. The Balaban J connectivity index is 1.99. The fraction of sp³-hybridized carbons (Fsp3) is 0.0833. The molecule has 96 valence electrons. The molecule has 0 spiro atoms. The number of nitrogens with one attached hydrogen (secondary N) is 2. The molecule has 0 bridgehead atoms. The summed E-state index contributed by atoms with van der Waals surface area (Å²) in [4.78, 5) is 23.6. The number of amides is 1. The van der Waals surface area contributed by atoms with Gasteiger partial charge < -0.3 is 10.3 Å². The first-order valence-corrected chi connectivity index (χ1v) is 6.76. The molecule has 3 aromatic rings. The quantitative estimate of drug-likeness (QED) is 0.762. The van der Waals surface area contributed by atoms with E-state index in [1.54, 1.807) is 30.6 Å². The topological polar surface area (TPSA) is 70.7 Å². The number of aryl methyl sites for hydroxylation is 1. The number of halogens is 1. The van der Waals surface area contributed by atoms with Crippen molar-refractivity contribution in [2.24, 2.45) is 0 Å². The van der Waals surface area contributed by atoms with Gasteiger partial charge in [0, 0.05) is 11.6 Å². The summed E-state index contributed by atoms with van der Waals surface area (Å²) in [7, 11) is 0. The summed E-state index contributed by atoms with van der Waals surface area (Å²) in [5.74, 6) is 0.271. The van der Waals surface area contributed by atoms with Crippen LogP contribution in [0, 0.1) is 6.92 Å². The van der Waals surface area contributed by atoms with Crippen LogP contribution in [-0.4, -0.2) is 20.9 Å². The van der Waals surface area contributed by atoms with Crippen molar-refractivity contribution in [1.82, 2.24) is 15.0 Å². The number of anilines is 1. The smallest absolute Gasteiger partial charge is 0.275 e. The molecule has 5 nitrogen and oxygen atoms in total. The summed E-state index contributed by atoms with van der Waals surface area (Å²) in [6, 6.07) is 3.48. The highest BCUT2D eigenvalue weighted by molar-refractivity contribution is 7.14. The summed E-state index contributed by atoms with van der Waals surface area (Å²) in [6.45, 7) is 1.75. The first kappa shape index (κ1) is 12.1. The first-order chi connectivity index (χ1) is 9.13. The minimum absolute atomic E-state index is 0.274. The van der Waals surface area contributed by atoms with Gasteiger partial charge in [-0.15, -0.1) is 11.3 Å². The van der Waals surface area contributed by atoms with Gasteiger partial charge in [0.05, 0.1) is 15.4 Å². The van der Waals surface area contributed by atoms with E-state index in [2.05, 4.69) is 20.3 Å². The van der Waals surface area contributed by atoms with Crippen molar-refractivity contribution in [1.29, 1.82) is 0 Å². The zero-order valence-corrected chi connectivity index (χ0v) is 11.5. The number of hydrogen-bond donors (Lipinski definition) is 2. The van der Waals surface area contributed by atoms with E-state index in [-0.39, 0.29) is 5.91 Å². The van der Waals surface area contributed by atoms with Gasteiger partial charge in [0.15, 0.2) is 0 Å². The van der Waals surface area contributed by atoms with E-state index < -0.39 is 0 Å². The standard InChI is InChI=1S/C12H9ClN4OS/c1-6-15-10(8-2-3-14-11(8)16-6)12(18)17-7-4-9(13)19-5-7/h2-5H,1H3,(H,17,18)(H,14,15,16). The van der Waals surface area contributed by atoms with Gasteiger partial charge in [0.1, 0.15) is 17.2 Å². The Morgan fingerprint density at radius 3 is 3.05 bits per heavy atom. The second kappa shape index (κ2) is 4.64. The molecule has 0 fully saturated rings. The minimum Gasteiger partial charge on any atom is -0.346 e. The van der Waals surface area contributed by atoms with Crippen LogP contribution >= 0.6 is 22.9 Å². The Kier molecular flexibility index (Phi) is 2.96. The normalized spacial score (nSPS) is 10.8. The summed E-state index contributed by atoms with van der Waals surface area (Å²) in [6.07, 6.45) is 1.73. The number of nitrogens with zero attached hydrogens (tertiary/aromatic N) is 2. The Morgan fingerprint density at radius 2 is 2.32 bits per heavy atom. The van der Waals surface area contributed by atoms with Gasteiger partial charge in [-0.3, -0.25) is 4.79 Å². The molecule has 0 saturated heterocycles. The maximum absolute atomic E-state index is 12.2. The minimum atomic E-state index is -0.274. The number of carbonyl (C=O) groups excluding carboxylic acids is 1. The van der Waals surface area contributed by atoms with Crippen LogP contribution in [0.5, 0.6) is 0 Å². The third-order valence-electron chi connectivity index (χ3n) is 2.57. The lowest BCUT2D eigenvalue weighted by molar-refractivity contribution is 0.102. The molecule has 7 heteroatoms. The zero-order chi connectivity index (χ0) is 13.4. The van der Waals surface area contributed by atoms with E-state index in [0.717, 1.165) is 0 Å². The number of rotatable bonds is 2. The predicted molar refractivity (Wildman–Crippen MR) is 75.9 cm³/mol. The molecule has 0 atom stereocenters. The SMILES string of the molecule is Cc1nc(C(=O)Nc2csc(Cl)c2)c2cc[nH]c2n1. The van der Waals surface area contributed by atoms with Crippen molar-refractivity contribution >= 4 is 45.6 Å². The van der Waals surface area contributed by atoms with Crippen LogP contribution < -0.4 is 5.32 Å². The molecule has 0 aliphatic carbocycles. The van der Waals surface area contributed by atoms with Gasteiger partial charge in [-0.05, 0) is 19.1 Å². The highest BCUT2D eigenvalue weighted by Crippen LogP contribution is 2.24. The Bertz CT molecular complexity index is 764. The van der Waals surface area contributed by atoms with E-state index in [4.69, 9.17) is 11.6 Å². The van der Waals surface area contributed by atoms with Crippen LogP contribution in [0.4, 0.5) is 5.69 Å². The molecule has 3 rings (SSSR count). The third kappa shape index (κ3) is 2.32. The second-order valence-corrected chi connectivity index (χ2v) is 5.50. The number of carbonyl (C=O) groups is 1. The van der Waals surface area contributed by atoms with Crippen molar-refractivity contribution < 1.29 is 4.79 Å². The van der Waals surface area contributed by atoms with Crippen molar-refractivity contribution in [2.75, 3.05) is 5.32 Å². The lowest BCUT2D eigenvalue weighted by Crippen LogP contribution is -2.14. The summed E-state index contributed by atoms with van der Waals surface area (Å²) in [5, 5.41) is 5.25. The molecule has 0 aromatic carbocycles. The van der Waals surface area contributed by atoms with Crippen molar-refractivity contribution in [3.05, 3.63) is 39.6 Å². The number of hydrogen-bond acceptors (Lipinski definition) is 4. The molecule has 3 heterocycles. The molecule has 19 heavy (non-hydrogen) atoms. The molecule has 0 aliphatic heterocycles. The number of aromatic nitrogens is 3. The second-order valence-electron chi connectivity index (χ2n) is 3.95. The highest BCUT2D eigenvalue weighted by atomic mass is 35.5. The van der Waals surface area contributed by atoms with Crippen molar-refractivity contribution in [3.8, 4) is 0 Å². The lowest BCUT2D eigenvalue weighted by atomic mass is 10.2. The lowest BCUT2D eigenvalue weighted by Gasteiger charge is -2.04. The van der Waals surface area contributed by atoms with Gasteiger partial charge >= 0.3 is 0 Å². The number of aromatic amines is 1. The zero-order valence-electron chi connectivity index (χ0n) is 9.90. The number of fused-ring (bicyclic) bond motifs is 1. The summed E-state index contributed by atoms with van der Waals surface area (Å²) < 4.78 is 0.626. The Labute approximate surface area is 117 Å². The fourth-order valence-electron chi connectivity index (χ4n) is 1.79. The molecular formula is C12H9ClN4OS. The number of thiophene rings is 1. The van der Waals surface area contributed by atoms with Gasteiger partial charge in [-0.1, -0.05) is 11.6 Å². The molecule has 2 N–H and O–H groups in total. The molecule has 0 aliphatic rings. The predicted octanol–water partition coefficient (Wildman–Crippen LogP) is 3.23. The summed E-state index contributed by atoms with van der Waals surface area (Å²) >= 11 is 7.19. The van der Waals surface area contributed by atoms with E-state index in [9.17, 15) is 4.79 Å². The van der Waals surface area contributed by atoms with Gasteiger partial charge in [-0.2, -0.15) is 0 Å². The maximum Gasteiger partial charge on any atom is 0.275 e. The average molecular weight is 293 g/mol. The molecule has 0 unspecified atom stereocenters. The summed E-state index contributed by atoms with van der Waals surface area (Å²) in [5.41, 5.74) is 1.67. The molecular weight excluding hydrogens is 284 g/mol. The molecule has 0 radical (unpaired) electrons. The van der Waals surface area contributed by atoms with E-state index in [1.807, 2.05) is 0 Å². The van der Waals surface area contributed by atoms with Crippen LogP contribution in [0.3, 0.4) is 0 Å². The van der Waals surface area contributed by atoms with Crippen LogP contribution in [0.2, 0.25) is 4.34 Å². The Hall–Kier alpha value is -1.92.